The summed E-state index contributed by atoms with van der Waals surface area (Å²) in [5.74, 6) is -2.05. The minimum absolute atomic E-state index is 0.429. The van der Waals surface area contributed by atoms with Gasteiger partial charge in [-0.15, -0.1) is 13.2 Å². The molecule has 102 valence electrons. The summed E-state index contributed by atoms with van der Waals surface area (Å²) in [5, 5.41) is 3.90. The molecule has 0 amide bonds. The van der Waals surface area contributed by atoms with E-state index in [4.69, 9.17) is 5.14 Å². The molecule has 0 atom stereocenters. The van der Waals surface area contributed by atoms with Crippen molar-refractivity contribution in [3.63, 3.8) is 0 Å². The highest BCUT2D eigenvalue weighted by molar-refractivity contribution is 7.89. The molecule has 1 rings (SSSR count). The van der Waals surface area contributed by atoms with Crippen LogP contribution in [-0.4, -0.2) is 26.9 Å². The molecule has 0 fully saturated rings. The molecular weight excluding hydrogens is 281 g/mol. The molecule has 0 aliphatic carbocycles. The summed E-state index contributed by atoms with van der Waals surface area (Å²) in [6.07, 6.45) is -4.67. The van der Waals surface area contributed by atoms with Gasteiger partial charge in [-0.1, -0.05) is 0 Å². The van der Waals surface area contributed by atoms with Crippen LogP contribution in [0.2, 0.25) is 0 Å². The topological polar surface area (TPSA) is 111 Å². The third kappa shape index (κ3) is 3.13. The first kappa shape index (κ1) is 14.3. The zero-order valence-electron chi connectivity index (χ0n) is 8.74. The Morgan fingerprint density at radius 2 is 1.94 bits per heavy atom. The molecule has 0 spiro atoms. The van der Waals surface area contributed by atoms with Crippen molar-refractivity contribution in [1.82, 2.24) is 4.98 Å². The van der Waals surface area contributed by atoms with Crippen molar-refractivity contribution >= 4 is 10.0 Å². The largest absolute Gasteiger partial charge is 0.573 e. The summed E-state index contributed by atoms with van der Waals surface area (Å²) in [5.41, 5.74) is -1.39. The Morgan fingerprint density at radius 1 is 1.39 bits per heavy atom. The van der Waals surface area contributed by atoms with Gasteiger partial charge in [0.2, 0.25) is 5.75 Å². The molecule has 0 bridgehead atoms. The minimum atomic E-state index is -5.10. The van der Waals surface area contributed by atoms with Crippen molar-refractivity contribution in [2.45, 2.75) is 11.4 Å². The average molecular weight is 288 g/mol. The maximum Gasteiger partial charge on any atom is 0.573 e. The third-order valence-electron chi connectivity index (χ3n) is 1.68. The molecule has 18 heavy (non-hydrogen) atoms. The van der Waals surface area contributed by atoms with Crippen molar-refractivity contribution in [1.29, 1.82) is 0 Å². The minimum Gasteiger partial charge on any atom is -0.490 e. The lowest BCUT2D eigenvalue weighted by Crippen LogP contribution is -2.25. The van der Waals surface area contributed by atoms with Crippen LogP contribution < -0.4 is 20.0 Å². The molecule has 0 unspecified atom stereocenters. The zero-order chi connectivity index (χ0) is 14.1. The molecule has 3 N–H and O–H groups in total. The second-order valence-corrected chi connectivity index (χ2v) is 4.44. The molecule has 0 aliphatic rings. The lowest BCUT2D eigenvalue weighted by Gasteiger charge is -2.10. The van der Waals surface area contributed by atoms with Crippen molar-refractivity contribution in [2.24, 2.45) is 5.14 Å². The molecule has 7 nitrogen and oxygen atoms in total. The Bertz CT molecular complexity index is 606. The van der Waals surface area contributed by atoms with Gasteiger partial charge in [0.1, 0.15) is 0 Å². The van der Waals surface area contributed by atoms with E-state index >= 15 is 0 Å². The number of hydrogen-bond donors (Lipinski definition) is 2. The Kier molecular flexibility index (Phi) is 3.57. The number of nitrogens with one attached hydrogen (secondary N) is 1. The maximum absolute atomic E-state index is 11.9. The van der Waals surface area contributed by atoms with Gasteiger partial charge in [-0.25, -0.2) is 13.6 Å². The van der Waals surface area contributed by atoms with Crippen LogP contribution in [0.25, 0.3) is 0 Å². The molecule has 0 saturated heterocycles. The number of aromatic nitrogens is 1. The van der Waals surface area contributed by atoms with Gasteiger partial charge >= 0.3 is 6.36 Å². The third-order valence-corrected chi connectivity index (χ3v) is 2.56. The molecule has 0 aromatic carbocycles. The number of rotatable bonds is 3. The molecule has 1 heterocycles. The highest BCUT2D eigenvalue weighted by Gasteiger charge is 2.33. The fraction of sp³-hybridized carbons (Fsp3) is 0.286. The number of nitrogens with two attached hydrogens (primary N) is 1. The van der Waals surface area contributed by atoms with Crippen LogP contribution >= 0.6 is 0 Å². The van der Waals surface area contributed by atoms with E-state index in [1.54, 1.807) is 0 Å². The lowest BCUT2D eigenvalue weighted by molar-refractivity contribution is -0.275. The van der Waals surface area contributed by atoms with Crippen LogP contribution in [0.3, 0.4) is 0 Å². The standard InChI is InChI=1S/C7H7F3N2O5S/c1-16-5-4(13)3(17-7(8,9)10)2-12-6(5)18(11,14)15/h2H,1H3,(H,12,13)(H2,11,14,15). The van der Waals surface area contributed by atoms with E-state index in [9.17, 15) is 26.4 Å². The SMILES string of the molecule is COc1c(S(N)(=O)=O)[nH]cc(OC(F)(F)F)c1=O. The highest BCUT2D eigenvalue weighted by Crippen LogP contribution is 2.23. The highest BCUT2D eigenvalue weighted by atomic mass is 32.2. The fourth-order valence-electron chi connectivity index (χ4n) is 1.07. The van der Waals surface area contributed by atoms with Gasteiger partial charge in [-0.2, -0.15) is 0 Å². The second kappa shape index (κ2) is 4.49. The summed E-state index contributed by atoms with van der Waals surface area (Å²) >= 11 is 0. The molecule has 1 aromatic rings. The maximum atomic E-state index is 11.9. The van der Waals surface area contributed by atoms with E-state index in [1.165, 1.54) is 0 Å². The van der Waals surface area contributed by atoms with Gasteiger partial charge in [0, 0.05) is 6.20 Å². The Morgan fingerprint density at radius 3 is 2.33 bits per heavy atom. The van der Waals surface area contributed by atoms with Crippen LogP contribution in [0, 0.1) is 0 Å². The lowest BCUT2D eigenvalue weighted by atomic mass is 10.4. The molecule has 1 aromatic heterocycles. The number of methoxy groups -OCH3 is 1. The number of sulfonamides is 1. The van der Waals surface area contributed by atoms with Crippen LogP contribution in [0.1, 0.15) is 0 Å². The van der Waals surface area contributed by atoms with Crippen molar-refractivity contribution in [3.05, 3.63) is 16.4 Å². The second-order valence-electron chi connectivity index (χ2n) is 2.94. The van der Waals surface area contributed by atoms with E-state index in [1.807, 2.05) is 4.98 Å². The quantitative estimate of drug-likeness (QED) is 0.808. The summed E-state index contributed by atoms with van der Waals surface area (Å²) in [4.78, 5) is 13.4. The van der Waals surface area contributed by atoms with Crippen molar-refractivity contribution < 1.29 is 31.1 Å². The van der Waals surface area contributed by atoms with Crippen molar-refractivity contribution in [3.8, 4) is 11.5 Å². The van der Waals surface area contributed by atoms with Crippen LogP contribution in [0.5, 0.6) is 11.5 Å². The molecule has 11 heteroatoms. The van der Waals surface area contributed by atoms with Gasteiger partial charge in [-0.05, 0) is 0 Å². The predicted molar refractivity (Wildman–Crippen MR) is 51.7 cm³/mol. The fourth-order valence-corrected chi connectivity index (χ4v) is 1.73. The monoisotopic (exact) mass is 288 g/mol. The van der Waals surface area contributed by atoms with E-state index < -0.39 is 38.3 Å². The van der Waals surface area contributed by atoms with Crippen LogP contribution in [0.15, 0.2) is 16.0 Å². The molecule has 0 saturated carbocycles. The van der Waals surface area contributed by atoms with Crippen LogP contribution in [0.4, 0.5) is 13.2 Å². The number of H-pyrrole nitrogens is 1. The number of aromatic amines is 1. The molecule has 0 radical (unpaired) electrons. The predicted octanol–water partition coefficient (Wildman–Crippen LogP) is -0.0705. The van der Waals surface area contributed by atoms with E-state index in [-0.39, 0.29) is 0 Å². The van der Waals surface area contributed by atoms with Crippen molar-refractivity contribution in [2.75, 3.05) is 7.11 Å². The van der Waals surface area contributed by atoms with Gasteiger partial charge in [-0.3, -0.25) is 4.79 Å². The summed E-state index contributed by atoms with van der Waals surface area (Å²) in [6, 6.07) is 0. The van der Waals surface area contributed by atoms with E-state index in [0.717, 1.165) is 7.11 Å². The van der Waals surface area contributed by atoms with Gasteiger partial charge < -0.3 is 14.5 Å². The number of halogens is 3. The Labute approximate surface area is 98.4 Å². The summed E-state index contributed by atoms with van der Waals surface area (Å²) in [7, 11) is -3.45. The van der Waals surface area contributed by atoms with Gasteiger partial charge in [0.05, 0.1) is 7.11 Å². The Balaban J connectivity index is 3.44. The van der Waals surface area contributed by atoms with Gasteiger partial charge in [0.15, 0.2) is 10.8 Å². The number of hydrogen-bond acceptors (Lipinski definition) is 5. The average Bonchev–Trinajstić information content (AvgIpc) is 2.17. The first-order chi connectivity index (χ1) is 8.06. The first-order valence-electron chi connectivity index (χ1n) is 4.14. The summed E-state index contributed by atoms with van der Waals surface area (Å²) < 4.78 is 65.6. The van der Waals surface area contributed by atoms with Crippen LogP contribution in [-0.2, 0) is 10.0 Å². The summed E-state index contributed by atoms with van der Waals surface area (Å²) in [6.45, 7) is 0. The van der Waals surface area contributed by atoms with Gasteiger partial charge in [0.25, 0.3) is 15.5 Å². The molecular formula is C7H7F3N2O5S. The van der Waals surface area contributed by atoms with E-state index in [2.05, 4.69) is 9.47 Å². The number of primary sulfonamides is 1. The molecule has 0 aliphatic heterocycles. The number of pyridine rings is 1. The number of alkyl halides is 3. The number of ether oxygens (including phenoxy) is 2. The zero-order valence-corrected chi connectivity index (χ0v) is 9.55. The van der Waals surface area contributed by atoms with E-state index in [0.29, 0.717) is 6.20 Å². The first-order valence-corrected chi connectivity index (χ1v) is 5.69. The normalized spacial score (nSPS) is 12.3. The smallest absolute Gasteiger partial charge is 0.490 e. The Hall–Kier alpha value is -1.75.